The maximum absolute atomic E-state index is 9.96. The second-order valence-electron chi connectivity index (χ2n) is 5.52. The summed E-state index contributed by atoms with van der Waals surface area (Å²) < 4.78 is 0. The third kappa shape index (κ3) is 3.39. The fourth-order valence-electron chi connectivity index (χ4n) is 2.23. The van der Waals surface area contributed by atoms with E-state index in [1.807, 2.05) is 13.0 Å². The zero-order valence-electron chi connectivity index (χ0n) is 11.4. The number of hydrogen-bond acceptors (Lipinski definition) is 2. The molecule has 0 heterocycles. The first-order valence-electron chi connectivity index (χ1n) is 6.41. The van der Waals surface area contributed by atoms with Crippen LogP contribution in [0.4, 0.5) is 0 Å². The lowest BCUT2D eigenvalue weighted by Crippen LogP contribution is -2.17. The van der Waals surface area contributed by atoms with Gasteiger partial charge in [0.1, 0.15) is 0 Å². The minimum Gasteiger partial charge on any atom is -0.504 e. The van der Waals surface area contributed by atoms with Crippen molar-refractivity contribution in [2.24, 2.45) is 0 Å². The number of aromatic hydroxyl groups is 2. The Morgan fingerprint density at radius 1 is 1.12 bits per heavy atom. The molecular weight excluding hydrogens is 212 g/mol. The van der Waals surface area contributed by atoms with E-state index in [0.29, 0.717) is 0 Å². The van der Waals surface area contributed by atoms with Crippen LogP contribution in [0.15, 0.2) is 12.1 Å². The normalized spacial score (nSPS) is 11.8. The van der Waals surface area contributed by atoms with Gasteiger partial charge in [0.15, 0.2) is 11.5 Å². The van der Waals surface area contributed by atoms with E-state index in [4.69, 9.17) is 0 Å². The molecule has 0 aliphatic heterocycles. The zero-order valence-corrected chi connectivity index (χ0v) is 11.4. The number of unbranched alkanes of at least 4 members (excludes halogenated alkanes) is 2. The molecule has 0 saturated carbocycles. The first-order chi connectivity index (χ1) is 7.88. The van der Waals surface area contributed by atoms with Crippen molar-refractivity contribution >= 4 is 0 Å². The Bertz CT molecular complexity index is 381. The molecule has 2 nitrogen and oxygen atoms in total. The van der Waals surface area contributed by atoms with Crippen LogP contribution in [0, 0.1) is 6.92 Å². The van der Waals surface area contributed by atoms with E-state index in [1.54, 1.807) is 6.07 Å². The van der Waals surface area contributed by atoms with E-state index < -0.39 is 0 Å². The highest BCUT2D eigenvalue weighted by atomic mass is 16.3. The molecule has 0 unspecified atom stereocenters. The molecule has 17 heavy (non-hydrogen) atoms. The molecule has 1 aromatic carbocycles. The summed E-state index contributed by atoms with van der Waals surface area (Å²) in [5.41, 5.74) is 1.74. The fourth-order valence-corrected chi connectivity index (χ4v) is 2.23. The molecule has 0 aliphatic rings. The van der Waals surface area contributed by atoms with Gasteiger partial charge in [-0.25, -0.2) is 0 Å². The summed E-state index contributed by atoms with van der Waals surface area (Å²) in [7, 11) is 0. The van der Waals surface area contributed by atoms with Crippen LogP contribution >= 0.6 is 0 Å². The van der Waals surface area contributed by atoms with Gasteiger partial charge in [-0.1, -0.05) is 46.1 Å². The molecule has 1 rings (SSSR count). The van der Waals surface area contributed by atoms with Gasteiger partial charge >= 0.3 is 0 Å². The van der Waals surface area contributed by atoms with Crippen LogP contribution in [0.2, 0.25) is 0 Å². The van der Waals surface area contributed by atoms with E-state index in [0.717, 1.165) is 24.0 Å². The van der Waals surface area contributed by atoms with Crippen molar-refractivity contribution in [2.75, 3.05) is 0 Å². The van der Waals surface area contributed by atoms with E-state index >= 15 is 0 Å². The summed E-state index contributed by atoms with van der Waals surface area (Å²) in [6.45, 7) is 8.36. The molecule has 0 radical (unpaired) electrons. The average molecular weight is 236 g/mol. The number of aryl methyl sites for hydroxylation is 1. The highest BCUT2D eigenvalue weighted by molar-refractivity contribution is 5.50. The topological polar surface area (TPSA) is 40.5 Å². The van der Waals surface area contributed by atoms with Gasteiger partial charge in [-0.3, -0.25) is 0 Å². The predicted molar refractivity (Wildman–Crippen MR) is 71.7 cm³/mol. The Morgan fingerprint density at radius 2 is 1.76 bits per heavy atom. The fraction of sp³-hybridized carbons (Fsp3) is 0.600. The molecule has 0 atom stereocenters. The third-order valence-corrected chi connectivity index (χ3v) is 3.37. The molecule has 0 bridgehead atoms. The van der Waals surface area contributed by atoms with Gasteiger partial charge in [-0.05, 0) is 30.4 Å². The van der Waals surface area contributed by atoms with Gasteiger partial charge in [0.2, 0.25) is 0 Å². The maximum atomic E-state index is 9.96. The monoisotopic (exact) mass is 236 g/mol. The van der Waals surface area contributed by atoms with E-state index in [2.05, 4.69) is 20.8 Å². The number of hydrogen-bond donors (Lipinski definition) is 2. The van der Waals surface area contributed by atoms with Crippen LogP contribution in [0.5, 0.6) is 11.5 Å². The lowest BCUT2D eigenvalue weighted by atomic mass is 9.79. The van der Waals surface area contributed by atoms with Crippen LogP contribution in [-0.4, -0.2) is 10.2 Å². The van der Waals surface area contributed by atoms with Crippen LogP contribution in [0.25, 0.3) is 0 Å². The molecule has 0 aliphatic carbocycles. The molecule has 0 fully saturated rings. The van der Waals surface area contributed by atoms with Crippen molar-refractivity contribution in [3.63, 3.8) is 0 Å². The molecule has 2 heteroatoms. The predicted octanol–water partition coefficient (Wildman–Crippen LogP) is 4.26. The Kier molecular flexibility index (Phi) is 4.44. The van der Waals surface area contributed by atoms with Crippen molar-refractivity contribution in [1.29, 1.82) is 0 Å². The third-order valence-electron chi connectivity index (χ3n) is 3.37. The minimum absolute atomic E-state index is 0.0106. The van der Waals surface area contributed by atoms with E-state index in [-0.39, 0.29) is 16.9 Å². The van der Waals surface area contributed by atoms with Crippen molar-refractivity contribution in [3.8, 4) is 11.5 Å². The first kappa shape index (κ1) is 13.9. The van der Waals surface area contributed by atoms with E-state index in [9.17, 15) is 10.2 Å². The molecular formula is C15H24O2. The maximum Gasteiger partial charge on any atom is 0.161 e. The van der Waals surface area contributed by atoms with Crippen molar-refractivity contribution in [2.45, 2.75) is 58.8 Å². The van der Waals surface area contributed by atoms with Crippen molar-refractivity contribution in [3.05, 3.63) is 23.3 Å². The summed E-state index contributed by atoms with van der Waals surface area (Å²) in [4.78, 5) is 0. The number of rotatable bonds is 5. The van der Waals surface area contributed by atoms with Gasteiger partial charge in [0.05, 0.1) is 0 Å². The number of benzene rings is 1. The van der Waals surface area contributed by atoms with Gasteiger partial charge < -0.3 is 10.2 Å². The average Bonchev–Trinajstić information content (AvgIpc) is 2.23. The molecule has 0 aromatic heterocycles. The molecule has 1 aromatic rings. The molecule has 0 saturated heterocycles. The quantitative estimate of drug-likeness (QED) is 0.592. The Balaban J connectivity index is 2.97. The van der Waals surface area contributed by atoms with Crippen molar-refractivity contribution in [1.82, 2.24) is 0 Å². The molecule has 0 spiro atoms. The largest absolute Gasteiger partial charge is 0.504 e. The van der Waals surface area contributed by atoms with Crippen LogP contribution in [-0.2, 0) is 5.41 Å². The van der Waals surface area contributed by atoms with Gasteiger partial charge in [-0.2, -0.15) is 0 Å². The van der Waals surface area contributed by atoms with Crippen LogP contribution in [0.1, 0.15) is 57.6 Å². The summed E-state index contributed by atoms with van der Waals surface area (Å²) >= 11 is 0. The first-order valence-corrected chi connectivity index (χ1v) is 6.41. The second kappa shape index (κ2) is 5.44. The van der Waals surface area contributed by atoms with Gasteiger partial charge in [0, 0.05) is 5.56 Å². The SMILES string of the molecule is CCCCCC(C)(C)c1cc(C)cc(O)c1O. The summed E-state index contributed by atoms with van der Waals surface area (Å²) in [5.74, 6) is 0.0284. The van der Waals surface area contributed by atoms with Crippen LogP contribution in [0.3, 0.4) is 0 Å². The minimum atomic E-state index is -0.0945. The number of phenols is 2. The van der Waals surface area contributed by atoms with Crippen molar-refractivity contribution < 1.29 is 10.2 Å². The highest BCUT2D eigenvalue weighted by Gasteiger charge is 2.25. The molecule has 2 N–H and O–H groups in total. The Morgan fingerprint density at radius 3 is 2.35 bits per heavy atom. The zero-order chi connectivity index (χ0) is 13.1. The van der Waals surface area contributed by atoms with Gasteiger partial charge in [-0.15, -0.1) is 0 Å². The second-order valence-corrected chi connectivity index (χ2v) is 5.52. The number of phenolic OH excluding ortho intramolecular Hbond substituents is 2. The standard InChI is InChI=1S/C15H24O2/c1-5-6-7-8-15(3,4)12-9-11(2)10-13(16)14(12)17/h9-10,16-17H,5-8H2,1-4H3. The lowest BCUT2D eigenvalue weighted by Gasteiger charge is -2.27. The highest BCUT2D eigenvalue weighted by Crippen LogP contribution is 2.40. The van der Waals surface area contributed by atoms with Crippen LogP contribution < -0.4 is 0 Å². The Hall–Kier alpha value is -1.18. The lowest BCUT2D eigenvalue weighted by molar-refractivity contribution is 0.373. The molecule has 96 valence electrons. The summed E-state index contributed by atoms with van der Waals surface area (Å²) in [6.07, 6.45) is 4.58. The smallest absolute Gasteiger partial charge is 0.161 e. The van der Waals surface area contributed by atoms with Gasteiger partial charge in [0.25, 0.3) is 0 Å². The molecule has 0 amide bonds. The van der Waals surface area contributed by atoms with E-state index in [1.165, 1.54) is 12.8 Å². The summed E-state index contributed by atoms with van der Waals surface area (Å²) in [6, 6.07) is 3.57. The summed E-state index contributed by atoms with van der Waals surface area (Å²) in [5, 5.41) is 19.6. The Labute approximate surface area is 104 Å².